The molecule has 1 unspecified atom stereocenters. The monoisotopic (exact) mass is 335 g/mol. The first-order valence-corrected chi connectivity index (χ1v) is 7.53. The van der Waals surface area contributed by atoms with Crippen molar-refractivity contribution in [3.8, 4) is 0 Å². The molecule has 8 heteroatoms. The third-order valence-electron chi connectivity index (χ3n) is 3.31. The lowest BCUT2D eigenvalue weighted by atomic mass is 9.92. The number of hydrazone groups is 1. The molecule has 0 saturated heterocycles. The van der Waals surface area contributed by atoms with Crippen molar-refractivity contribution in [3.05, 3.63) is 39.9 Å². The molecule has 0 radical (unpaired) electrons. The molecule has 130 valence electrons. The Morgan fingerprint density at radius 3 is 2.58 bits per heavy atom. The van der Waals surface area contributed by atoms with Gasteiger partial charge in [-0.1, -0.05) is 19.9 Å². The van der Waals surface area contributed by atoms with Gasteiger partial charge in [-0.15, -0.1) is 0 Å². The molecule has 8 nitrogen and oxygen atoms in total. The normalized spacial score (nSPS) is 12.6. The number of nitrogens with one attached hydrogen (secondary N) is 1. The zero-order valence-corrected chi connectivity index (χ0v) is 14.1. The molecule has 1 atom stereocenters. The molecule has 1 aromatic rings. The van der Waals surface area contributed by atoms with Crippen LogP contribution in [0.4, 0.5) is 5.69 Å². The summed E-state index contributed by atoms with van der Waals surface area (Å²) in [5.74, 6) is -1.62. The first kappa shape index (κ1) is 19.3. The Kier molecular flexibility index (Phi) is 7.03. The van der Waals surface area contributed by atoms with Crippen LogP contribution in [0.3, 0.4) is 0 Å². The van der Waals surface area contributed by atoms with E-state index in [0.717, 1.165) is 6.07 Å². The summed E-state index contributed by atoms with van der Waals surface area (Å²) in [5, 5.41) is 14.7. The Morgan fingerprint density at radius 2 is 2.04 bits per heavy atom. The SMILES string of the molecule is CCOC(=O)C(/C(C)=N/NC(=O)c1cccc([N+](=O)[O-])c1)C(C)C. The van der Waals surface area contributed by atoms with Gasteiger partial charge in [-0.05, 0) is 25.8 Å². The highest BCUT2D eigenvalue weighted by Gasteiger charge is 2.26. The lowest BCUT2D eigenvalue weighted by Gasteiger charge is -2.18. The minimum absolute atomic E-state index is 0.0532. The van der Waals surface area contributed by atoms with E-state index < -0.39 is 22.7 Å². The average Bonchev–Trinajstić information content (AvgIpc) is 2.52. The van der Waals surface area contributed by atoms with Crippen LogP contribution in [0.2, 0.25) is 0 Å². The van der Waals surface area contributed by atoms with Gasteiger partial charge in [0.2, 0.25) is 0 Å². The first-order chi connectivity index (χ1) is 11.3. The van der Waals surface area contributed by atoms with Crippen molar-refractivity contribution in [1.82, 2.24) is 5.43 Å². The second-order valence-corrected chi connectivity index (χ2v) is 5.48. The van der Waals surface area contributed by atoms with E-state index in [9.17, 15) is 19.7 Å². The largest absolute Gasteiger partial charge is 0.465 e. The molecule has 0 aliphatic heterocycles. The number of ether oxygens (including phenoxy) is 1. The maximum Gasteiger partial charge on any atom is 0.314 e. The number of hydrogen-bond acceptors (Lipinski definition) is 6. The number of nitrogens with zero attached hydrogens (tertiary/aromatic N) is 2. The average molecular weight is 335 g/mol. The molecular weight excluding hydrogens is 314 g/mol. The molecule has 0 fully saturated rings. The summed E-state index contributed by atoms with van der Waals surface area (Å²) in [7, 11) is 0. The number of carbonyl (C=O) groups excluding carboxylic acids is 2. The summed E-state index contributed by atoms with van der Waals surface area (Å²) in [5.41, 5.74) is 2.64. The Balaban J connectivity index is 2.89. The van der Waals surface area contributed by atoms with Crippen molar-refractivity contribution in [2.45, 2.75) is 27.7 Å². The van der Waals surface area contributed by atoms with Gasteiger partial charge >= 0.3 is 5.97 Å². The summed E-state index contributed by atoms with van der Waals surface area (Å²) in [6.45, 7) is 7.29. The molecule has 1 aromatic carbocycles. The van der Waals surface area contributed by atoms with E-state index in [-0.39, 0.29) is 23.8 Å². The lowest BCUT2D eigenvalue weighted by molar-refractivity contribution is -0.384. The molecular formula is C16H21N3O5. The zero-order valence-electron chi connectivity index (χ0n) is 14.1. The topological polar surface area (TPSA) is 111 Å². The van der Waals surface area contributed by atoms with Crippen molar-refractivity contribution < 1.29 is 19.2 Å². The third kappa shape index (κ3) is 5.15. The van der Waals surface area contributed by atoms with E-state index in [1.807, 2.05) is 13.8 Å². The number of nitro benzene ring substituents is 1. The van der Waals surface area contributed by atoms with Gasteiger partial charge in [-0.25, -0.2) is 5.43 Å². The van der Waals surface area contributed by atoms with Gasteiger partial charge in [0.05, 0.1) is 17.4 Å². The number of amides is 1. The molecule has 0 aromatic heterocycles. The molecule has 1 N–H and O–H groups in total. The van der Waals surface area contributed by atoms with E-state index in [1.54, 1.807) is 13.8 Å². The van der Waals surface area contributed by atoms with E-state index in [0.29, 0.717) is 5.71 Å². The molecule has 0 bridgehead atoms. The maximum absolute atomic E-state index is 12.1. The number of carbonyl (C=O) groups is 2. The van der Waals surface area contributed by atoms with Crippen molar-refractivity contribution in [3.63, 3.8) is 0 Å². The fourth-order valence-corrected chi connectivity index (χ4v) is 2.19. The van der Waals surface area contributed by atoms with Crippen LogP contribution < -0.4 is 5.43 Å². The predicted octanol–water partition coefficient (Wildman–Crippen LogP) is 2.54. The predicted molar refractivity (Wildman–Crippen MR) is 88.6 cm³/mol. The first-order valence-electron chi connectivity index (χ1n) is 7.53. The van der Waals surface area contributed by atoms with Crippen molar-refractivity contribution >= 4 is 23.3 Å². The Labute approximate surface area is 140 Å². The number of hydrogen-bond donors (Lipinski definition) is 1. The molecule has 0 aliphatic rings. The maximum atomic E-state index is 12.1. The molecule has 0 spiro atoms. The Morgan fingerprint density at radius 1 is 1.38 bits per heavy atom. The lowest BCUT2D eigenvalue weighted by Crippen LogP contribution is -2.31. The van der Waals surface area contributed by atoms with Gasteiger partial charge in [-0.2, -0.15) is 5.10 Å². The van der Waals surface area contributed by atoms with Gasteiger partial charge in [0.15, 0.2) is 0 Å². The molecule has 0 heterocycles. The van der Waals surface area contributed by atoms with Crippen LogP contribution in [-0.2, 0) is 9.53 Å². The summed E-state index contributed by atoms with van der Waals surface area (Å²) in [6.07, 6.45) is 0. The van der Waals surface area contributed by atoms with E-state index in [2.05, 4.69) is 10.5 Å². The summed E-state index contributed by atoms with van der Waals surface area (Å²) >= 11 is 0. The summed E-state index contributed by atoms with van der Waals surface area (Å²) in [6, 6.07) is 5.31. The summed E-state index contributed by atoms with van der Waals surface area (Å²) < 4.78 is 5.01. The Hall–Kier alpha value is -2.77. The number of benzene rings is 1. The molecule has 0 aliphatic carbocycles. The molecule has 24 heavy (non-hydrogen) atoms. The number of nitro groups is 1. The van der Waals surface area contributed by atoms with Crippen LogP contribution in [0.5, 0.6) is 0 Å². The van der Waals surface area contributed by atoms with Crippen LogP contribution in [0.25, 0.3) is 0 Å². The molecule has 0 saturated carbocycles. The number of rotatable bonds is 7. The minimum atomic E-state index is -0.593. The second kappa shape index (κ2) is 8.76. The van der Waals surface area contributed by atoms with Gasteiger partial charge in [0, 0.05) is 23.4 Å². The van der Waals surface area contributed by atoms with Gasteiger partial charge in [0.25, 0.3) is 11.6 Å². The fourth-order valence-electron chi connectivity index (χ4n) is 2.19. The second-order valence-electron chi connectivity index (χ2n) is 5.48. The number of esters is 1. The highest BCUT2D eigenvalue weighted by Crippen LogP contribution is 2.16. The highest BCUT2D eigenvalue weighted by atomic mass is 16.6. The van der Waals surface area contributed by atoms with E-state index in [1.165, 1.54) is 18.2 Å². The molecule has 1 amide bonds. The van der Waals surface area contributed by atoms with Crippen LogP contribution >= 0.6 is 0 Å². The summed E-state index contributed by atoms with van der Waals surface area (Å²) in [4.78, 5) is 34.2. The van der Waals surface area contributed by atoms with Gasteiger partial charge in [-0.3, -0.25) is 19.7 Å². The van der Waals surface area contributed by atoms with Crippen molar-refractivity contribution in [1.29, 1.82) is 0 Å². The van der Waals surface area contributed by atoms with Crippen LogP contribution in [0.1, 0.15) is 38.1 Å². The van der Waals surface area contributed by atoms with Crippen LogP contribution in [-0.4, -0.2) is 29.1 Å². The smallest absolute Gasteiger partial charge is 0.314 e. The Bertz CT molecular complexity index is 655. The van der Waals surface area contributed by atoms with Gasteiger partial charge in [0.1, 0.15) is 0 Å². The zero-order chi connectivity index (χ0) is 18.3. The highest BCUT2D eigenvalue weighted by molar-refractivity contribution is 6.02. The van der Waals surface area contributed by atoms with Crippen LogP contribution in [0, 0.1) is 22.0 Å². The van der Waals surface area contributed by atoms with Crippen molar-refractivity contribution in [2.75, 3.05) is 6.61 Å². The van der Waals surface area contributed by atoms with Gasteiger partial charge < -0.3 is 4.74 Å². The number of non-ortho nitro benzene ring substituents is 1. The van der Waals surface area contributed by atoms with Crippen molar-refractivity contribution in [2.24, 2.45) is 16.9 Å². The minimum Gasteiger partial charge on any atom is -0.465 e. The third-order valence-corrected chi connectivity index (χ3v) is 3.31. The molecule has 1 rings (SSSR count). The van der Waals surface area contributed by atoms with E-state index >= 15 is 0 Å². The van der Waals surface area contributed by atoms with Crippen LogP contribution in [0.15, 0.2) is 29.4 Å². The standard InChI is InChI=1S/C16H21N3O5/c1-5-24-16(21)14(10(2)3)11(4)17-18-15(20)12-7-6-8-13(9-12)19(22)23/h6-10,14H,5H2,1-4H3,(H,18,20)/b17-11+. The fraction of sp³-hybridized carbons (Fsp3) is 0.438. The quantitative estimate of drug-likeness (QED) is 0.356. The van der Waals surface area contributed by atoms with E-state index in [4.69, 9.17) is 4.74 Å².